The van der Waals surface area contributed by atoms with E-state index in [0.717, 1.165) is 11.3 Å². The van der Waals surface area contributed by atoms with E-state index >= 15 is 0 Å². The van der Waals surface area contributed by atoms with E-state index in [-0.39, 0.29) is 0 Å². The molecule has 0 saturated heterocycles. The Labute approximate surface area is 104 Å². The van der Waals surface area contributed by atoms with Gasteiger partial charge in [0.2, 0.25) is 5.88 Å². The standard InChI is InChI=1S/C12H14N2O2S/c1-3-8-4-5-9(17-8)11(15)10-12(16-2)14-7-6-13-10/h4-7,11,15H,3H2,1-2H3. The second-order valence-corrected chi connectivity index (χ2v) is 4.71. The minimum atomic E-state index is -0.774. The first-order valence-corrected chi connectivity index (χ1v) is 6.19. The number of ether oxygens (including phenoxy) is 1. The molecule has 0 aliphatic carbocycles. The van der Waals surface area contributed by atoms with Gasteiger partial charge in [0.25, 0.3) is 0 Å². The zero-order chi connectivity index (χ0) is 12.3. The number of aliphatic hydroxyl groups is 1. The first-order valence-electron chi connectivity index (χ1n) is 5.37. The van der Waals surface area contributed by atoms with Gasteiger partial charge in [0.05, 0.1) is 7.11 Å². The van der Waals surface area contributed by atoms with Crippen LogP contribution in [0.4, 0.5) is 0 Å². The van der Waals surface area contributed by atoms with Gasteiger partial charge in [0, 0.05) is 22.1 Å². The Bertz CT molecular complexity index is 499. The Balaban J connectivity index is 2.32. The van der Waals surface area contributed by atoms with Gasteiger partial charge in [-0.3, -0.25) is 4.98 Å². The zero-order valence-electron chi connectivity index (χ0n) is 9.75. The van der Waals surface area contributed by atoms with E-state index < -0.39 is 6.10 Å². The maximum Gasteiger partial charge on any atom is 0.238 e. The maximum absolute atomic E-state index is 10.2. The molecule has 1 unspecified atom stereocenters. The first kappa shape index (κ1) is 12.0. The summed E-state index contributed by atoms with van der Waals surface area (Å²) in [6.07, 6.45) is 3.29. The Morgan fingerprint density at radius 1 is 1.35 bits per heavy atom. The number of aromatic nitrogens is 2. The van der Waals surface area contributed by atoms with Crippen molar-refractivity contribution >= 4 is 11.3 Å². The molecule has 2 aromatic rings. The summed E-state index contributed by atoms with van der Waals surface area (Å²) < 4.78 is 5.09. The van der Waals surface area contributed by atoms with E-state index in [1.54, 1.807) is 23.7 Å². The van der Waals surface area contributed by atoms with Crippen LogP contribution in [0.15, 0.2) is 24.5 Å². The molecule has 2 aromatic heterocycles. The van der Waals surface area contributed by atoms with Gasteiger partial charge < -0.3 is 9.84 Å². The summed E-state index contributed by atoms with van der Waals surface area (Å²) in [7, 11) is 1.52. The van der Waals surface area contributed by atoms with Gasteiger partial charge in [0.1, 0.15) is 11.8 Å². The fourth-order valence-electron chi connectivity index (χ4n) is 1.55. The summed E-state index contributed by atoms with van der Waals surface area (Å²) in [5, 5.41) is 10.2. The van der Waals surface area contributed by atoms with E-state index in [9.17, 15) is 5.11 Å². The lowest BCUT2D eigenvalue weighted by molar-refractivity contribution is 0.211. The first-order chi connectivity index (χ1) is 8.26. The quantitative estimate of drug-likeness (QED) is 0.903. The summed E-state index contributed by atoms with van der Waals surface area (Å²) in [4.78, 5) is 10.3. The van der Waals surface area contributed by atoms with Crippen LogP contribution in [0.5, 0.6) is 5.88 Å². The van der Waals surface area contributed by atoms with Crippen LogP contribution >= 0.6 is 11.3 Å². The summed E-state index contributed by atoms with van der Waals surface area (Å²) in [6, 6.07) is 3.94. The minimum absolute atomic E-state index is 0.367. The lowest BCUT2D eigenvalue weighted by atomic mass is 10.2. The lowest BCUT2D eigenvalue weighted by Crippen LogP contribution is -2.04. The third kappa shape index (κ3) is 2.45. The smallest absolute Gasteiger partial charge is 0.238 e. The van der Waals surface area contributed by atoms with Gasteiger partial charge in [-0.1, -0.05) is 6.92 Å². The van der Waals surface area contributed by atoms with Gasteiger partial charge in [-0.15, -0.1) is 11.3 Å². The highest BCUT2D eigenvalue weighted by Crippen LogP contribution is 2.30. The number of nitrogens with zero attached hydrogens (tertiary/aromatic N) is 2. The van der Waals surface area contributed by atoms with Crippen LogP contribution in [0.3, 0.4) is 0 Å². The highest BCUT2D eigenvalue weighted by atomic mass is 32.1. The predicted molar refractivity (Wildman–Crippen MR) is 66.3 cm³/mol. The second kappa shape index (κ2) is 5.25. The molecule has 0 spiro atoms. The van der Waals surface area contributed by atoms with Crippen molar-refractivity contribution in [2.75, 3.05) is 7.11 Å². The number of aryl methyl sites for hydroxylation is 1. The Kier molecular flexibility index (Phi) is 3.71. The molecule has 1 atom stereocenters. The Hall–Kier alpha value is -1.46. The van der Waals surface area contributed by atoms with Crippen LogP contribution in [0.25, 0.3) is 0 Å². The lowest BCUT2D eigenvalue weighted by Gasteiger charge is -2.10. The molecule has 17 heavy (non-hydrogen) atoms. The van der Waals surface area contributed by atoms with Crippen LogP contribution in [-0.2, 0) is 6.42 Å². The molecule has 0 fully saturated rings. The third-order valence-corrected chi connectivity index (χ3v) is 3.73. The molecule has 0 bridgehead atoms. The van der Waals surface area contributed by atoms with Crippen molar-refractivity contribution in [3.63, 3.8) is 0 Å². The van der Waals surface area contributed by atoms with Crippen LogP contribution in [0, 0.1) is 0 Å². The number of thiophene rings is 1. The monoisotopic (exact) mass is 250 g/mol. The summed E-state index contributed by atoms with van der Waals surface area (Å²) in [5.41, 5.74) is 0.458. The van der Waals surface area contributed by atoms with Gasteiger partial charge in [0.15, 0.2) is 0 Å². The maximum atomic E-state index is 10.2. The minimum Gasteiger partial charge on any atom is -0.480 e. The average Bonchev–Trinajstić information content (AvgIpc) is 2.86. The zero-order valence-corrected chi connectivity index (χ0v) is 10.6. The number of hydrogen-bond acceptors (Lipinski definition) is 5. The van der Waals surface area contributed by atoms with Gasteiger partial charge in [-0.05, 0) is 18.6 Å². The molecule has 2 heterocycles. The van der Waals surface area contributed by atoms with Crippen molar-refractivity contribution in [3.8, 4) is 5.88 Å². The van der Waals surface area contributed by atoms with Crippen molar-refractivity contribution in [3.05, 3.63) is 40.0 Å². The molecular formula is C12H14N2O2S. The summed E-state index contributed by atoms with van der Waals surface area (Å²) in [5.74, 6) is 0.367. The molecule has 5 heteroatoms. The summed E-state index contributed by atoms with van der Waals surface area (Å²) >= 11 is 1.58. The third-order valence-electron chi connectivity index (χ3n) is 2.44. The molecule has 90 valence electrons. The van der Waals surface area contributed by atoms with Crippen molar-refractivity contribution in [1.29, 1.82) is 0 Å². The molecule has 0 aliphatic heterocycles. The summed E-state index contributed by atoms with van der Waals surface area (Å²) in [6.45, 7) is 2.09. The Morgan fingerprint density at radius 3 is 2.76 bits per heavy atom. The molecular weight excluding hydrogens is 236 g/mol. The van der Waals surface area contributed by atoms with Crippen LogP contribution < -0.4 is 4.74 Å². The Morgan fingerprint density at radius 2 is 2.12 bits per heavy atom. The molecule has 0 aromatic carbocycles. The number of aliphatic hydroxyl groups excluding tert-OH is 1. The fourth-order valence-corrected chi connectivity index (χ4v) is 2.49. The highest BCUT2D eigenvalue weighted by molar-refractivity contribution is 7.12. The number of methoxy groups -OCH3 is 1. The van der Waals surface area contributed by atoms with E-state index in [1.807, 2.05) is 12.1 Å². The van der Waals surface area contributed by atoms with E-state index in [4.69, 9.17) is 4.74 Å². The molecule has 4 nitrogen and oxygen atoms in total. The molecule has 0 radical (unpaired) electrons. The van der Waals surface area contributed by atoms with E-state index in [1.165, 1.54) is 12.0 Å². The largest absolute Gasteiger partial charge is 0.480 e. The fraction of sp³-hybridized carbons (Fsp3) is 0.333. The predicted octanol–water partition coefficient (Wildman–Crippen LogP) is 2.19. The normalized spacial score (nSPS) is 12.4. The van der Waals surface area contributed by atoms with Crippen LogP contribution in [0.2, 0.25) is 0 Å². The average molecular weight is 250 g/mol. The topological polar surface area (TPSA) is 55.2 Å². The number of hydrogen-bond donors (Lipinski definition) is 1. The van der Waals surface area contributed by atoms with E-state index in [2.05, 4.69) is 16.9 Å². The van der Waals surface area contributed by atoms with Gasteiger partial charge >= 0.3 is 0 Å². The number of rotatable bonds is 4. The molecule has 1 N–H and O–H groups in total. The van der Waals surface area contributed by atoms with E-state index in [0.29, 0.717) is 11.6 Å². The van der Waals surface area contributed by atoms with Crippen molar-refractivity contribution in [2.24, 2.45) is 0 Å². The van der Waals surface area contributed by atoms with Crippen LogP contribution in [-0.4, -0.2) is 22.2 Å². The van der Waals surface area contributed by atoms with Crippen molar-refractivity contribution < 1.29 is 9.84 Å². The van der Waals surface area contributed by atoms with Crippen molar-refractivity contribution in [2.45, 2.75) is 19.4 Å². The van der Waals surface area contributed by atoms with Gasteiger partial charge in [-0.25, -0.2) is 4.98 Å². The molecule has 0 amide bonds. The van der Waals surface area contributed by atoms with Crippen molar-refractivity contribution in [1.82, 2.24) is 9.97 Å². The molecule has 0 aliphatic rings. The molecule has 0 saturated carbocycles. The van der Waals surface area contributed by atoms with Gasteiger partial charge in [-0.2, -0.15) is 0 Å². The van der Waals surface area contributed by atoms with Crippen LogP contribution in [0.1, 0.15) is 28.5 Å². The second-order valence-electron chi connectivity index (χ2n) is 3.51. The highest BCUT2D eigenvalue weighted by Gasteiger charge is 2.19. The molecule has 2 rings (SSSR count). The SMILES string of the molecule is CCc1ccc(C(O)c2nccnc2OC)s1.